The molecule has 0 amide bonds. The predicted octanol–water partition coefficient (Wildman–Crippen LogP) is 3.36. The molecule has 98 valence electrons. The molecule has 1 atom stereocenters. The number of rotatable bonds is 4. The summed E-state index contributed by atoms with van der Waals surface area (Å²) in [6.45, 7) is 9.99. The lowest BCUT2D eigenvalue weighted by Crippen LogP contribution is -2.22. The zero-order valence-electron chi connectivity index (χ0n) is 11.9. The molecule has 4 heteroatoms. The van der Waals surface area contributed by atoms with E-state index in [-0.39, 0.29) is 5.41 Å². The Morgan fingerprint density at radius 2 is 2.00 bits per heavy atom. The summed E-state index contributed by atoms with van der Waals surface area (Å²) in [5, 5.41) is 0. The van der Waals surface area contributed by atoms with Crippen LogP contribution in [0.1, 0.15) is 45.9 Å². The van der Waals surface area contributed by atoms with Crippen molar-refractivity contribution in [3.63, 3.8) is 0 Å². The molecule has 0 fully saturated rings. The van der Waals surface area contributed by atoms with Crippen LogP contribution >= 0.6 is 12.2 Å². The maximum absolute atomic E-state index is 5.39. The van der Waals surface area contributed by atoms with Gasteiger partial charge in [-0.2, -0.15) is 0 Å². The van der Waals surface area contributed by atoms with Gasteiger partial charge in [0.15, 0.2) is 4.77 Å². The van der Waals surface area contributed by atoms with Crippen molar-refractivity contribution in [3.8, 4) is 0 Å². The van der Waals surface area contributed by atoms with Crippen LogP contribution in [0.2, 0.25) is 0 Å². The third-order valence-corrected chi connectivity index (χ3v) is 3.33. The highest BCUT2D eigenvalue weighted by Gasteiger charge is 2.21. The van der Waals surface area contributed by atoms with Gasteiger partial charge in [0.1, 0.15) is 0 Å². The Morgan fingerprint density at radius 3 is 2.47 bits per heavy atom. The van der Waals surface area contributed by atoms with Crippen LogP contribution in [0.15, 0.2) is 6.20 Å². The Labute approximate surface area is 110 Å². The Kier molecular flexibility index (Phi) is 4.55. The Hall–Kier alpha value is -0.610. The van der Waals surface area contributed by atoms with Crippen molar-refractivity contribution in [1.82, 2.24) is 14.5 Å². The number of nitrogens with one attached hydrogen (secondary N) is 1. The van der Waals surface area contributed by atoms with E-state index in [1.807, 2.05) is 0 Å². The molecule has 1 rings (SSSR count). The first-order chi connectivity index (χ1) is 7.73. The Balaban J connectivity index is 2.96. The first kappa shape index (κ1) is 14.5. The molecule has 0 aliphatic heterocycles. The van der Waals surface area contributed by atoms with Gasteiger partial charge in [-0.15, -0.1) is 0 Å². The first-order valence-electron chi connectivity index (χ1n) is 6.18. The van der Waals surface area contributed by atoms with Crippen LogP contribution in [0.25, 0.3) is 0 Å². The molecule has 0 aromatic carbocycles. The van der Waals surface area contributed by atoms with Gasteiger partial charge < -0.3 is 14.5 Å². The Morgan fingerprint density at radius 1 is 1.41 bits per heavy atom. The van der Waals surface area contributed by atoms with Crippen LogP contribution in [-0.2, 0) is 5.41 Å². The topological polar surface area (TPSA) is 24.0 Å². The highest BCUT2D eigenvalue weighted by molar-refractivity contribution is 7.71. The summed E-state index contributed by atoms with van der Waals surface area (Å²) in [5.41, 5.74) is 1.41. The molecule has 3 nitrogen and oxygen atoms in total. The molecule has 1 N–H and O–H groups in total. The lowest BCUT2D eigenvalue weighted by atomic mass is 9.92. The quantitative estimate of drug-likeness (QED) is 0.834. The van der Waals surface area contributed by atoms with Crippen LogP contribution in [0.3, 0.4) is 0 Å². The number of hydrogen-bond acceptors (Lipinski definition) is 2. The summed E-state index contributed by atoms with van der Waals surface area (Å²) in [7, 11) is 4.21. The highest BCUT2D eigenvalue weighted by Crippen LogP contribution is 2.26. The SMILES string of the molecule is CC(CCN(C)C)n1c(C(C)(C)C)c[nH]c1=S. The number of hydrogen-bond donors (Lipinski definition) is 1. The van der Waals surface area contributed by atoms with E-state index in [0.717, 1.165) is 17.7 Å². The summed E-state index contributed by atoms with van der Waals surface area (Å²) >= 11 is 5.39. The van der Waals surface area contributed by atoms with E-state index in [9.17, 15) is 0 Å². The van der Waals surface area contributed by atoms with E-state index in [1.165, 1.54) is 5.69 Å². The number of aromatic amines is 1. The second-order valence-electron chi connectivity index (χ2n) is 6.04. The summed E-state index contributed by atoms with van der Waals surface area (Å²) in [4.78, 5) is 5.39. The molecule has 0 saturated carbocycles. The monoisotopic (exact) mass is 255 g/mol. The van der Waals surface area contributed by atoms with Crippen molar-refractivity contribution in [3.05, 3.63) is 16.7 Å². The summed E-state index contributed by atoms with van der Waals surface area (Å²) in [5.74, 6) is 0. The van der Waals surface area contributed by atoms with Crippen LogP contribution in [0, 0.1) is 4.77 Å². The van der Waals surface area contributed by atoms with Crippen molar-refractivity contribution in [2.24, 2.45) is 0 Å². The van der Waals surface area contributed by atoms with E-state index in [2.05, 4.69) is 62.4 Å². The fraction of sp³-hybridized carbons (Fsp3) is 0.769. The van der Waals surface area contributed by atoms with E-state index in [0.29, 0.717) is 6.04 Å². The van der Waals surface area contributed by atoms with E-state index >= 15 is 0 Å². The van der Waals surface area contributed by atoms with Gasteiger partial charge in [-0.05, 0) is 46.2 Å². The molecule has 0 aliphatic rings. The van der Waals surface area contributed by atoms with Gasteiger partial charge in [0.2, 0.25) is 0 Å². The second kappa shape index (κ2) is 5.36. The van der Waals surface area contributed by atoms with Crippen LogP contribution in [-0.4, -0.2) is 35.1 Å². The highest BCUT2D eigenvalue weighted by atomic mass is 32.1. The van der Waals surface area contributed by atoms with Gasteiger partial charge in [0, 0.05) is 23.3 Å². The van der Waals surface area contributed by atoms with Gasteiger partial charge in [-0.25, -0.2) is 0 Å². The first-order valence-corrected chi connectivity index (χ1v) is 6.59. The fourth-order valence-corrected chi connectivity index (χ4v) is 2.31. The minimum Gasteiger partial charge on any atom is -0.337 e. The zero-order valence-corrected chi connectivity index (χ0v) is 12.7. The minimum atomic E-state index is 0.125. The molecule has 1 heterocycles. The smallest absolute Gasteiger partial charge is 0.177 e. The van der Waals surface area contributed by atoms with Gasteiger partial charge in [0.05, 0.1) is 0 Å². The predicted molar refractivity (Wildman–Crippen MR) is 76.2 cm³/mol. The largest absolute Gasteiger partial charge is 0.337 e. The molecule has 0 radical (unpaired) electrons. The van der Waals surface area contributed by atoms with Crippen molar-refractivity contribution in [1.29, 1.82) is 0 Å². The maximum Gasteiger partial charge on any atom is 0.177 e. The van der Waals surface area contributed by atoms with Gasteiger partial charge in [0.25, 0.3) is 0 Å². The maximum atomic E-state index is 5.39. The molecular weight excluding hydrogens is 230 g/mol. The lowest BCUT2D eigenvalue weighted by Gasteiger charge is -2.25. The number of imidazole rings is 1. The van der Waals surface area contributed by atoms with Crippen LogP contribution in [0.4, 0.5) is 0 Å². The average molecular weight is 255 g/mol. The van der Waals surface area contributed by atoms with Gasteiger partial charge >= 0.3 is 0 Å². The molecular formula is C13H25N3S. The number of H-pyrrole nitrogens is 1. The van der Waals surface area contributed by atoms with Crippen LogP contribution in [0.5, 0.6) is 0 Å². The van der Waals surface area contributed by atoms with Crippen molar-refractivity contribution >= 4 is 12.2 Å². The molecule has 1 aromatic heterocycles. The van der Waals surface area contributed by atoms with Crippen molar-refractivity contribution in [2.75, 3.05) is 20.6 Å². The van der Waals surface area contributed by atoms with E-state index < -0.39 is 0 Å². The van der Waals surface area contributed by atoms with Crippen molar-refractivity contribution < 1.29 is 0 Å². The zero-order chi connectivity index (χ0) is 13.2. The standard InChI is InChI=1S/C13H25N3S/c1-10(7-8-15(5)6)16-11(13(2,3)4)9-14-12(16)17/h9-10H,7-8H2,1-6H3,(H,14,17). The molecule has 17 heavy (non-hydrogen) atoms. The van der Waals surface area contributed by atoms with E-state index in [4.69, 9.17) is 12.2 Å². The summed E-state index contributed by atoms with van der Waals surface area (Å²) in [6, 6.07) is 0.436. The minimum absolute atomic E-state index is 0.125. The molecule has 0 saturated heterocycles. The molecule has 0 spiro atoms. The van der Waals surface area contributed by atoms with Gasteiger partial charge in [-0.3, -0.25) is 0 Å². The van der Waals surface area contributed by atoms with Crippen LogP contribution < -0.4 is 0 Å². The second-order valence-corrected chi connectivity index (χ2v) is 6.43. The normalized spacial score (nSPS) is 14.3. The number of aromatic nitrogens is 2. The molecule has 0 bridgehead atoms. The molecule has 1 aromatic rings. The summed E-state index contributed by atoms with van der Waals surface area (Å²) in [6.07, 6.45) is 3.16. The fourth-order valence-electron chi connectivity index (χ4n) is 1.97. The molecule has 0 aliphatic carbocycles. The average Bonchev–Trinajstić information content (AvgIpc) is 2.56. The third kappa shape index (κ3) is 3.68. The summed E-state index contributed by atoms with van der Waals surface area (Å²) < 4.78 is 3.10. The third-order valence-electron chi connectivity index (χ3n) is 3.01. The number of nitrogens with zero attached hydrogens (tertiary/aromatic N) is 2. The van der Waals surface area contributed by atoms with E-state index in [1.54, 1.807) is 0 Å². The molecule has 1 unspecified atom stereocenters. The van der Waals surface area contributed by atoms with Crippen molar-refractivity contribution in [2.45, 2.75) is 45.6 Å². The lowest BCUT2D eigenvalue weighted by molar-refractivity contribution is 0.347. The van der Waals surface area contributed by atoms with Gasteiger partial charge in [-0.1, -0.05) is 20.8 Å². The Bertz CT molecular complexity index is 409.